The molecule has 0 radical (unpaired) electrons. The maximum Gasteiger partial charge on any atom is 0.219 e. The van der Waals surface area contributed by atoms with Crippen molar-refractivity contribution in [1.82, 2.24) is 0 Å². The number of nitrogens with zero attached hydrogens (tertiary/aromatic N) is 4. The van der Waals surface area contributed by atoms with E-state index in [0.717, 1.165) is 62.1 Å². The van der Waals surface area contributed by atoms with Gasteiger partial charge in [-0.1, -0.05) is 149 Å². The number of ether oxygens (including phenoxy) is 1. The van der Waals surface area contributed by atoms with Gasteiger partial charge in [0, 0.05) is 0 Å². The van der Waals surface area contributed by atoms with Crippen molar-refractivity contribution in [2.75, 3.05) is 4.90 Å². The molecule has 1 aliphatic heterocycles. The molecular weight excluding hydrogens is 697 g/mol. The average Bonchev–Trinajstić information content (AvgIpc) is 3.44. The molecule has 5 nitrogen and oxygen atoms in total. The first-order valence-electron chi connectivity index (χ1n) is 19.1. The van der Waals surface area contributed by atoms with Crippen molar-refractivity contribution in [3.63, 3.8) is 0 Å². The first-order chi connectivity index (χ1) is 27.6. The Kier molecular flexibility index (Phi) is 8.32. The van der Waals surface area contributed by atoms with Gasteiger partial charge in [0.25, 0.3) is 0 Å². The third-order valence-corrected chi connectivity index (χ3v) is 11.5. The number of anilines is 3. The average molecular weight is 735 g/mol. The molecule has 2 aliphatic rings. The van der Waals surface area contributed by atoms with Gasteiger partial charge in [0.15, 0.2) is 11.5 Å². The molecule has 0 saturated heterocycles. The van der Waals surface area contributed by atoms with Crippen molar-refractivity contribution in [2.24, 2.45) is 0 Å². The van der Waals surface area contributed by atoms with Crippen LogP contribution in [0.4, 0.5) is 28.4 Å². The van der Waals surface area contributed by atoms with Gasteiger partial charge >= 0.3 is 0 Å². The maximum absolute atomic E-state index is 11.2. The highest BCUT2D eigenvalue weighted by Gasteiger charge is 2.48. The predicted octanol–water partition coefficient (Wildman–Crippen LogP) is 14.9. The van der Waals surface area contributed by atoms with E-state index in [1.54, 1.807) is 0 Å². The van der Waals surface area contributed by atoms with Crippen LogP contribution in [0.5, 0.6) is 11.5 Å². The zero-order valence-corrected chi connectivity index (χ0v) is 32.3. The maximum atomic E-state index is 11.2. The van der Waals surface area contributed by atoms with Crippen LogP contribution in [0.15, 0.2) is 146 Å². The summed E-state index contributed by atoms with van der Waals surface area (Å²) in [7, 11) is 0. The third-order valence-electron chi connectivity index (χ3n) is 11.5. The van der Waals surface area contributed by atoms with Crippen LogP contribution in [0.25, 0.3) is 54.2 Å². The third kappa shape index (κ3) is 5.66. The molecule has 5 heteroatoms. The van der Waals surface area contributed by atoms with Gasteiger partial charge in [-0.3, -0.25) is 0 Å². The lowest BCUT2D eigenvalue weighted by Crippen LogP contribution is -2.20. The Balaban J connectivity index is 1.32. The van der Waals surface area contributed by atoms with E-state index in [0.29, 0.717) is 39.8 Å². The molecule has 0 aromatic heterocycles. The molecule has 0 unspecified atom stereocenters. The zero-order valence-electron chi connectivity index (χ0n) is 32.3. The van der Waals surface area contributed by atoms with E-state index in [4.69, 9.17) is 17.9 Å². The number of hydrogen-bond acceptors (Lipinski definition) is 3. The molecule has 1 heterocycles. The summed E-state index contributed by atoms with van der Waals surface area (Å²) in [5.74, 6) is 1.17. The summed E-state index contributed by atoms with van der Waals surface area (Å²) < 4.78 is 6.95. The molecule has 272 valence electrons. The lowest BCUT2D eigenvalue weighted by Gasteiger charge is -2.36. The minimum atomic E-state index is -0.410. The molecule has 1 aliphatic carbocycles. The van der Waals surface area contributed by atoms with E-state index < -0.39 is 10.8 Å². The first-order valence-corrected chi connectivity index (χ1v) is 19.1. The van der Waals surface area contributed by atoms with Crippen LogP contribution >= 0.6 is 0 Å². The summed E-state index contributed by atoms with van der Waals surface area (Å²) >= 11 is 0. The second-order valence-corrected chi connectivity index (χ2v) is 16.1. The van der Waals surface area contributed by atoms with E-state index >= 15 is 0 Å². The van der Waals surface area contributed by atoms with Gasteiger partial charge in [-0.25, -0.2) is 9.69 Å². The van der Waals surface area contributed by atoms with Crippen LogP contribution in [0.1, 0.15) is 50.8 Å². The summed E-state index contributed by atoms with van der Waals surface area (Å²) in [6.07, 6.45) is 0.748. The predicted molar refractivity (Wildman–Crippen MR) is 231 cm³/mol. The summed E-state index contributed by atoms with van der Waals surface area (Å²) in [5.41, 5.74) is 12.0. The van der Waals surface area contributed by atoms with Crippen LogP contribution in [0.3, 0.4) is 0 Å². The highest BCUT2D eigenvalue weighted by Crippen LogP contribution is 2.63. The van der Waals surface area contributed by atoms with Gasteiger partial charge in [-0.2, -0.15) is 5.26 Å². The zero-order chi connectivity index (χ0) is 39.5. The summed E-state index contributed by atoms with van der Waals surface area (Å²) in [6.45, 7) is 25.6. The summed E-state index contributed by atoms with van der Waals surface area (Å²) in [4.78, 5) is 10.2. The van der Waals surface area contributed by atoms with E-state index in [2.05, 4.69) is 128 Å². The van der Waals surface area contributed by atoms with Crippen LogP contribution in [0.2, 0.25) is 0 Å². The molecule has 9 rings (SSSR count). The van der Waals surface area contributed by atoms with Crippen molar-refractivity contribution >= 4 is 28.4 Å². The minimum Gasteiger partial charge on any atom is -0.453 e. The van der Waals surface area contributed by atoms with Crippen LogP contribution in [-0.4, -0.2) is 0 Å². The molecule has 57 heavy (non-hydrogen) atoms. The van der Waals surface area contributed by atoms with Crippen molar-refractivity contribution in [2.45, 2.75) is 44.9 Å². The largest absolute Gasteiger partial charge is 0.453 e. The van der Waals surface area contributed by atoms with Crippen molar-refractivity contribution < 1.29 is 4.74 Å². The summed E-state index contributed by atoms with van der Waals surface area (Å²) in [5, 5.41) is 11.2. The molecule has 0 spiro atoms. The highest BCUT2D eigenvalue weighted by atomic mass is 16.5. The van der Waals surface area contributed by atoms with Gasteiger partial charge in [0.1, 0.15) is 6.07 Å². The Morgan fingerprint density at radius 1 is 0.544 bits per heavy atom. The number of benzene rings is 7. The molecule has 0 atom stereocenters. The molecule has 7 aromatic rings. The van der Waals surface area contributed by atoms with Crippen molar-refractivity contribution in [3.05, 3.63) is 185 Å². The van der Waals surface area contributed by atoms with Gasteiger partial charge < -0.3 is 9.64 Å². The second-order valence-electron chi connectivity index (χ2n) is 16.1. The Bertz CT molecular complexity index is 2750. The number of fused-ring (bicyclic) bond motifs is 3. The molecule has 0 bridgehead atoms. The molecule has 0 N–H and O–H groups in total. The fourth-order valence-electron chi connectivity index (χ4n) is 9.46. The number of rotatable bonds is 5. The minimum absolute atomic E-state index is 0.182. The second kappa shape index (κ2) is 13.4. The monoisotopic (exact) mass is 734 g/mol. The topological polar surface area (TPSA) is 45.0 Å². The van der Waals surface area contributed by atoms with Gasteiger partial charge in [0.05, 0.1) is 35.8 Å². The normalized spacial score (nSPS) is 14.2. The fourth-order valence-corrected chi connectivity index (χ4v) is 9.46. The van der Waals surface area contributed by atoms with Crippen molar-refractivity contribution in [1.29, 1.82) is 5.26 Å². The van der Waals surface area contributed by atoms with E-state index in [1.165, 1.54) is 0 Å². The highest BCUT2D eigenvalue weighted by molar-refractivity contribution is 6.02. The van der Waals surface area contributed by atoms with E-state index in [-0.39, 0.29) is 5.69 Å². The van der Waals surface area contributed by atoms with Crippen LogP contribution in [-0.2, 0) is 10.8 Å². The number of nitriles is 1. The lowest BCUT2D eigenvalue weighted by atomic mass is 9.81. The van der Waals surface area contributed by atoms with Crippen LogP contribution in [0, 0.1) is 24.5 Å². The van der Waals surface area contributed by atoms with Crippen LogP contribution < -0.4 is 9.64 Å². The Morgan fingerprint density at radius 2 is 0.965 bits per heavy atom. The van der Waals surface area contributed by atoms with Gasteiger partial charge in [-0.05, 0) is 97.2 Å². The Morgan fingerprint density at radius 3 is 1.40 bits per heavy atom. The Hall–Kier alpha value is -7.39. The Labute approximate surface area is 334 Å². The van der Waals surface area contributed by atoms with Crippen molar-refractivity contribution in [3.8, 4) is 62.1 Å². The molecule has 7 aromatic carbocycles. The molecule has 0 fully saturated rings. The summed E-state index contributed by atoms with van der Waals surface area (Å²) in [6, 6.07) is 52.2. The fraction of sp³-hybridized carbons (Fsp3) is 0.135. The van der Waals surface area contributed by atoms with Gasteiger partial charge in [-0.15, -0.1) is 0 Å². The smallest absolute Gasteiger partial charge is 0.219 e. The standard InChI is InChI=1S/C52H38N4O/c1-51(2)32-52(3,4)47-46(51)41(31-53)50(49(55-6)48(47)54-5)56-42-27-25-35(39-23-15-13-21-37(39)33-17-9-7-10-18-33)29-44(42)57-45-30-36(26-28-43(45)56)40-24-16-14-22-38(40)34-19-11-8-12-20-34/h7-30H,32H2,1-4H3. The molecule has 0 amide bonds. The van der Waals surface area contributed by atoms with Gasteiger partial charge in [0.2, 0.25) is 11.4 Å². The molecular formula is C52H38N4O. The number of hydrogen-bond donors (Lipinski definition) is 0. The first kappa shape index (κ1) is 35.3. The SMILES string of the molecule is [C-]#[N+]c1c([N+]#[C-])c2c(c(C#N)c1N1c3ccc(-c4ccccc4-c4ccccc4)cc3Oc3cc(-c4ccccc4-c4ccccc4)ccc31)C(C)(C)CC2(C)C. The lowest BCUT2D eigenvalue weighted by molar-refractivity contribution is 0.403. The van der Waals surface area contributed by atoms with E-state index in [1.807, 2.05) is 65.6 Å². The molecule has 0 saturated carbocycles. The quantitative estimate of drug-likeness (QED) is 0.165. The van der Waals surface area contributed by atoms with E-state index in [9.17, 15) is 5.26 Å².